The largest absolute Gasteiger partial charge is 0.384 e. The fourth-order valence-corrected chi connectivity index (χ4v) is 3.49. The van der Waals surface area contributed by atoms with Gasteiger partial charge < -0.3 is 19.5 Å². The van der Waals surface area contributed by atoms with E-state index < -0.39 is 0 Å². The van der Waals surface area contributed by atoms with E-state index in [1.165, 1.54) is 12.8 Å². The van der Waals surface area contributed by atoms with Crippen molar-refractivity contribution in [3.8, 4) is 0 Å². The van der Waals surface area contributed by atoms with Crippen molar-refractivity contribution >= 4 is 0 Å². The normalized spacial score (nSPS) is 32.7. The van der Waals surface area contributed by atoms with E-state index in [0.717, 1.165) is 45.2 Å². The molecule has 19 heavy (non-hydrogen) atoms. The predicted molar refractivity (Wildman–Crippen MR) is 75.3 cm³/mol. The molecule has 1 saturated heterocycles. The van der Waals surface area contributed by atoms with Gasteiger partial charge in [0.25, 0.3) is 0 Å². The summed E-state index contributed by atoms with van der Waals surface area (Å²) in [5.74, 6) is 1.31. The molecule has 0 amide bonds. The molecular formula is C15H29NO3. The zero-order valence-electron chi connectivity index (χ0n) is 12.6. The van der Waals surface area contributed by atoms with E-state index in [2.05, 4.69) is 12.2 Å². The molecule has 0 aromatic rings. The summed E-state index contributed by atoms with van der Waals surface area (Å²) < 4.78 is 16.6. The van der Waals surface area contributed by atoms with Crippen LogP contribution in [-0.2, 0) is 14.2 Å². The van der Waals surface area contributed by atoms with Crippen molar-refractivity contribution in [3.05, 3.63) is 0 Å². The molecule has 0 aromatic carbocycles. The van der Waals surface area contributed by atoms with Crippen LogP contribution in [0.5, 0.6) is 0 Å². The second-order valence-electron chi connectivity index (χ2n) is 6.14. The summed E-state index contributed by atoms with van der Waals surface area (Å²) in [4.78, 5) is 0. The Balaban J connectivity index is 1.98. The molecule has 1 heterocycles. The van der Waals surface area contributed by atoms with E-state index >= 15 is 0 Å². The maximum atomic E-state index is 6.09. The number of rotatable bonds is 9. The third kappa shape index (κ3) is 3.48. The van der Waals surface area contributed by atoms with Crippen molar-refractivity contribution in [2.24, 2.45) is 17.3 Å². The molecule has 2 rings (SSSR count). The molecule has 112 valence electrons. The first-order chi connectivity index (χ1) is 9.24. The average Bonchev–Trinajstić information content (AvgIpc) is 3.16. The van der Waals surface area contributed by atoms with Gasteiger partial charge in [-0.2, -0.15) is 0 Å². The molecule has 4 heteroatoms. The Morgan fingerprint density at radius 3 is 2.74 bits per heavy atom. The van der Waals surface area contributed by atoms with Gasteiger partial charge in [0.05, 0.1) is 12.7 Å². The first kappa shape index (κ1) is 15.2. The highest BCUT2D eigenvalue weighted by Gasteiger charge is 2.53. The lowest BCUT2D eigenvalue weighted by Gasteiger charge is -2.40. The molecule has 1 N–H and O–H groups in total. The summed E-state index contributed by atoms with van der Waals surface area (Å²) in [6, 6.07) is 0. The van der Waals surface area contributed by atoms with Crippen molar-refractivity contribution in [2.45, 2.75) is 32.3 Å². The minimum atomic E-state index is 0.241. The zero-order chi connectivity index (χ0) is 13.7. The van der Waals surface area contributed by atoms with Gasteiger partial charge in [-0.3, -0.25) is 0 Å². The van der Waals surface area contributed by atoms with Crippen LogP contribution in [0.25, 0.3) is 0 Å². The molecule has 4 nitrogen and oxygen atoms in total. The Labute approximate surface area is 117 Å². The molecule has 2 fully saturated rings. The van der Waals surface area contributed by atoms with Gasteiger partial charge in [0, 0.05) is 45.9 Å². The van der Waals surface area contributed by atoms with E-state index in [4.69, 9.17) is 14.2 Å². The highest BCUT2D eigenvalue weighted by atomic mass is 16.5. The van der Waals surface area contributed by atoms with Gasteiger partial charge in [0.15, 0.2) is 0 Å². The summed E-state index contributed by atoms with van der Waals surface area (Å²) in [7, 11) is 3.54. The van der Waals surface area contributed by atoms with Crippen LogP contribution in [0.15, 0.2) is 0 Å². The topological polar surface area (TPSA) is 39.7 Å². The quantitative estimate of drug-likeness (QED) is 0.648. The Hall–Kier alpha value is -0.160. The van der Waals surface area contributed by atoms with Gasteiger partial charge in [-0.05, 0) is 31.1 Å². The molecule has 0 radical (unpaired) electrons. The van der Waals surface area contributed by atoms with E-state index in [1.807, 2.05) is 0 Å². The van der Waals surface area contributed by atoms with Gasteiger partial charge in [-0.1, -0.05) is 6.92 Å². The van der Waals surface area contributed by atoms with Gasteiger partial charge in [0.2, 0.25) is 0 Å². The SMILES string of the molecule is COCCNCC1(C(C)COC)CCOC1C1CC1. The lowest BCUT2D eigenvalue weighted by atomic mass is 9.69. The number of methoxy groups -OCH3 is 2. The number of hydrogen-bond acceptors (Lipinski definition) is 4. The molecule has 1 aliphatic carbocycles. The van der Waals surface area contributed by atoms with Gasteiger partial charge >= 0.3 is 0 Å². The van der Waals surface area contributed by atoms with E-state index in [1.54, 1.807) is 14.2 Å². The molecule has 0 bridgehead atoms. The van der Waals surface area contributed by atoms with Crippen LogP contribution in [0.2, 0.25) is 0 Å². The Bertz CT molecular complexity index is 270. The van der Waals surface area contributed by atoms with Crippen molar-refractivity contribution in [2.75, 3.05) is 47.1 Å². The first-order valence-corrected chi connectivity index (χ1v) is 7.55. The maximum absolute atomic E-state index is 6.09. The standard InChI is InChI=1S/C15H29NO3/c1-12(10-18-3)15(11-16-7-9-17-2)6-8-19-14(15)13-4-5-13/h12-14,16H,4-11H2,1-3H3. The third-order valence-corrected chi connectivity index (χ3v) is 4.82. The molecule has 3 atom stereocenters. The molecule has 0 spiro atoms. The second kappa shape index (κ2) is 7.02. The number of ether oxygens (including phenoxy) is 3. The van der Waals surface area contributed by atoms with Crippen LogP contribution in [0.3, 0.4) is 0 Å². The molecule has 2 aliphatic rings. The summed E-state index contributed by atoms with van der Waals surface area (Å²) in [5.41, 5.74) is 0.241. The van der Waals surface area contributed by atoms with E-state index in [9.17, 15) is 0 Å². The second-order valence-corrected chi connectivity index (χ2v) is 6.14. The zero-order valence-corrected chi connectivity index (χ0v) is 12.6. The molecule has 3 unspecified atom stereocenters. The summed E-state index contributed by atoms with van der Waals surface area (Å²) >= 11 is 0. The van der Waals surface area contributed by atoms with E-state index in [-0.39, 0.29) is 5.41 Å². The van der Waals surface area contributed by atoms with Crippen molar-refractivity contribution < 1.29 is 14.2 Å². The molecule has 1 aliphatic heterocycles. The van der Waals surface area contributed by atoms with Crippen LogP contribution >= 0.6 is 0 Å². The lowest BCUT2D eigenvalue weighted by molar-refractivity contribution is -0.0185. The Morgan fingerprint density at radius 2 is 2.11 bits per heavy atom. The smallest absolute Gasteiger partial charge is 0.0675 e. The monoisotopic (exact) mass is 271 g/mol. The van der Waals surface area contributed by atoms with E-state index in [0.29, 0.717) is 12.0 Å². The van der Waals surface area contributed by atoms with Crippen molar-refractivity contribution in [1.82, 2.24) is 5.32 Å². The highest BCUT2D eigenvalue weighted by Crippen LogP contribution is 2.51. The van der Waals surface area contributed by atoms with Crippen LogP contribution in [0.1, 0.15) is 26.2 Å². The fraction of sp³-hybridized carbons (Fsp3) is 1.00. The first-order valence-electron chi connectivity index (χ1n) is 7.55. The third-order valence-electron chi connectivity index (χ3n) is 4.82. The Kier molecular flexibility index (Phi) is 5.63. The number of nitrogens with one attached hydrogen (secondary N) is 1. The van der Waals surface area contributed by atoms with Crippen LogP contribution in [0, 0.1) is 17.3 Å². The van der Waals surface area contributed by atoms with Gasteiger partial charge in [0.1, 0.15) is 0 Å². The maximum Gasteiger partial charge on any atom is 0.0675 e. The predicted octanol–water partition coefficient (Wildman–Crippen LogP) is 1.69. The van der Waals surface area contributed by atoms with Crippen LogP contribution in [0.4, 0.5) is 0 Å². The minimum absolute atomic E-state index is 0.241. The number of hydrogen-bond donors (Lipinski definition) is 1. The van der Waals surface area contributed by atoms with Gasteiger partial charge in [-0.15, -0.1) is 0 Å². The molecular weight excluding hydrogens is 242 g/mol. The summed E-state index contributed by atoms with van der Waals surface area (Å²) in [5, 5.41) is 3.56. The minimum Gasteiger partial charge on any atom is -0.384 e. The highest BCUT2D eigenvalue weighted by molar-refractivity contribution is 5.02. The summed E-state index contributed by atoms with van der Waals surface area (Å²) in [6.07, 6.45) is 4.25. The van der Waals surface area contributed by atoms with Crippen LogP contribution in [-0.4, -0.2) is 53.2 Å². The van der Waals surface area contributed by atoms with Gasteiger partial charge in [-0.25, -0.2) is 0 Å². The molecule has 0 aromatic heterocycles. The van der Waals surface area contributed by atoms with Crippen LogP contribution < -0.4 is 5.32 Å². The average molecular weight is 271 g/mol. The summed E-state index contributed by atoms with van der Waals surface area (Å²) in [6.45, 7) is 6.73. The fourth-order valence-electron chi connectivity index (χ4n) is 3.49. The lowest BCUT2D eigenvalue weighted by Crippen LogP contribution is -2.48. The molecule has 1 saturated carbocycles. The van der Waals surface area contributed by atoms with Crippen molar-refractivity contribution in [3.63, 3.8) is 0 Å². The Morgan fingerprint density at radius 1 is 1.32 bits per heavy atom. The van der Waals surface area contributed by atoms with Crippen molar-refractivity contribution in [1.29, 1.82) is 0 Å².